The molecule has 1 aliphatic rings. The van der Waals surface area contributed by atoms with Crippen molar-refractivity contribution in [2.45, 2.75) is 57.9 Å². The van der Waals surface area contributed by atoms with E-state index in [1.54, 1.807) is 11.3 Å². The van der Waals surface area contributed by atoms with Gasteiger partial charge in [0.25, 0.3) is 0 Å². The second-order valence-electron chi connectivity index (χ2n) is 5.38. The smallest absolute Gasteiger partial charge is 0.00671 e. The fourth-order valence-electron chi connectivity index (χ4n) is 2.86. The van der Waals surface area contributed by atoms with E-state index in [0.29, 0.717) is 6.04 Å². The lowest BCUT2D eigenvalue weighted by atomic mass is 9.93. The number of hydrogen-bond acceptors (Lipinski definition) is 2. The minimum Gasteiger partial charge on any atom is -0.314 e. The van der Waals surface area contributed by atoms with Crippen LogP contribution in [0.2, 0.25) is 0 Å². The molecule has 1 saturated carbocycles. The van der Waals surface area contributed by atoms with E-state index in [-0.39, 0.29) is 0 Å². The summed E-state index contributed by atoms with van der Waals surface area (Å²) in [7, 11) is 0. The maximum absolute atomic E-state index is 3.72. The van der Waals surface area contributed by atoms with Crippen LogP contribution in [0.3, 0.4) is 0 Å². The Kier molecular flexibility index (Phi) is 5.53. The second-order valence-corrected chi connectivity index (χ2v) is 6.16. The van der Waals surface area contributed by atoms with E-state index in [0.717, 1.165) is 12.5 Å². The molecule has 1 aromatic rings. The van der Waals surface area contributed by atoms with Crippen molar-refractivity contribution in [3.05, 3.63) is 22.4 Å². The molecule has 0 bridgehead atoms. The molecule has 0 unspecified atom stereocenters. The molecule has 0 saturated heterocycles. The zero-order chi connectivity index (χ0) is 11.9. The maximum atomic E-state index is 3.72. The van der Waals surface area contributed by atoms with Gasteiger partial charge in [-0.3, -0.25) is 0 Å². The van der Waals surface area contributed by atoms with Crippen molar-refractivity contribution in [1.82, 2.24) is 5.32 Å². The summed E-state index contributed by atoms with van der Waals surface area (Å²) in [6, 6.07) is 2.94. The molecule has 0 spiro atoms. The van der Waals surface area contributed by atoms with Gasteiger partial charge in [0.1, 0.15) is 0 Å². The zero-order valence-electron chi connectivity index (χ0n) is 11.0. The topological polar surface area (TPSA) is 12.0 Å². The first-order valence-electron chi connectivity index (χ1n) is 7.11. The van der Waals surface area contributed by atoms with Gasteiger partial charge in [-0.15, -0.1) is 0 Å². The highest BCUT2D eigenvalue weighted by Gasteiger charge is 2.18. The van der Waals surface area contributed by atoms with Gasteiger partial charge >= 0.3 is 0 Å². The summed E-state index contributed by atoms with van der Waals surface area (Å²) >= 11 is 1.80. The third kappa shape index (κ3) is 4.44. The van der Waals surface area contributed by atoms with Crippen molar-refractivity contribution in [2.75, 3.05) is 6.54 Å². The summed E-state index contributed by atoms with van der Waals surface area (Å²) in [6.07, 6.45) is 9.86. The van der Waals surface area contributed by atoms with E-state index >= 15 is 0 Å². The van der Waals surface area contributed by atoms with Crippen molar-refractivity contribution in [3.8, 4) is 0 Å². The Hall–Kier alpha value is -0.340. The monoisotopic (exact) mass is 251 g/mol. The third-order valence-corrected chi connectivity index (χ3v) is 4.80. The van der Waals surface area contributed by atoms with Crippen LogP contribution in [0.5, 0.6) is 0 Å². The highest BCUT2D eigenvalue weighted by Crippen LogP contribution is 2.25. The fraction of sp³-hybridized carbons (Fsp3) is 0.733. The largest absolute Gasteiger partial charge is 0.314 e. The van der Waals surface area contributed by atoms with Gasteiger partial charge in [-0.2, -0.15) is 11.3 Å². The van der Waals surface area contributed by atoms with Crippen molar-refractivity contribution in [1.29, 1.82) is 0 Å². The van der Waals surface area contributed by atoms with Crippen LogP contribution in [0.15, 0.2) is 16.8 Å². The van der Waals surface area contributed by atoms with Crippen LogP contribution in [-0.4, -0.2) is 12.6 Å². The molecule has 0 aliphatic heterocycles. The quantitative estimate of drug-likeness (QED) is 0.772. The van der Waals surface area contributed by atoms with Crippen LogP contribution in [0.1, 0.15) is 51.0 Å². The second kappa shape index (κ2) is 7.17. The van der Waals surface area contributed by atoms with Crippen LogP contribution < -0.4 is 5.32 Å². The van der Waals surface area contributed by atoms with Crippen molar-refractivity contribution in [2.24, 2.45) is 5.92 Å². The summed E-state index contributed by atoms with van der Waals surface area (Å²) in [5.41, 5.74) is 1.48. The SMILES string of the molecule is C[C@H](NCCc1ccsc1)C1CCCCCC1. The molecule has 0 aromatic carbocycles. The lowest BCUT2D eigenvalue weighted by molar-refractivity contribution is 0.339. The Morgan fingerprint density at radius 1 is 1.29 bits per heavy atom. The number of thiophene rings is 1. The van der Waals surface area contributed by atoms with Gasteiger partial charge in [-0.05, 0) is 61.0 Å². The Bertz CT molecular complexity index is 286. The van der Waals surface area contributed by atoms with E-state index in [1.165, 1.54) is 50.5 Å². The molecule has 0 amide bonds. The fourth-order valence-corrected chi connectivity index (χ4v) is 3.56. The number of hydrogen-bond donors (Lipinski definition) is 1. The number of nitrogens with one attached hydrogen (secondary N) is 1. The molecule has 1 nitrogen and oxygen atoms in total. The van der Waals surface area contributed by atoms with Gasteiger partial charge in [-0.25, -0.2) is 0 Å². The van der Waals surface area contributed by atoms with Crippen molar-refractivity contribution >= 4 is 11.3 Å². The van der Waals surface area contributed by atoms with Crippen LogP contribution in [0.4, 0.5) is 0 Å². The molecular formula is C15H25NS. The van der Waals surface area contributed by atoms with Gasteiger partial charge in [0.15, 0.2) is 0 Å². The molecule has 1 N–H and O–H groups in total. The molecule has 1 aromatic heterocycles. The summed E-state index contributed by atoms with van der Waals surface area (Å²) in [6.45, 7) is 3.51. The van der Waals surface area contributed by atoms with E-state index in [2.05, 4.69) is 29.1 Å². The first kappa shape index (κ1) is 13.1. The van der Waals surface area contributed by atoms with Crippen LogP contribution >= 0.6 is 11.3 Å². The average Bonchev–Trinajstić information content (AvgIpc) is 2.69. The molecule has 17 heavy (non-hydrogen) atoms. The van der Waals surface area contributed by atoms with E-state index in [4.69, 9.17) is 0 Å². The summed E-state index contributed by atoms with van der Waals surface area (Å²) in [5, 5.41) is 8.16. The highest BCUT2D eigenvalue weighted by atomic mass is 32.1. The predicted octanol–water partition coefficient (Wildman–Crippen LogP) is 4.24. The molecule has 1 fully saturated rings. The summed E-state index contributed by atoms with van der Waals surface area (Å²) < 4.78 is 0. The molecule has 1 aliphatic carbocycles. The lowest BCUT2D eigenvalue weighted by Gasteiger charge is -2.23. The van der Waals surface area contributed by atoms with Gasteiger partial charge in [0, 0.05) is 6.04 Å². The normalized spacial score (nSPS) is 20.1. The molecular weight excluding hydrogens is 226 g/mol. The summed E-state index contributed by atoms with van der Waals surface area (Å²) in [4.78, 5) is 0. The molecule has 2 heteroatoms. The standard InChI is InChI=1S/C15H25NS/c1-13(15-6-4-2-3-5-7-15)16-10-8-14-9-11-17-12-14/h9,11-13,15-16H,2-8,10H2,1H3/t13-/m0/s1. The predicted molar refractivity (Wildman–Crippen MR) is 76.7 cm³/mol. The van der Waals surface area contributed by atoms with E-state index in [1.807, 2.05) is 0 Å². The Labute approximate surface area is 110 Å². The van der Waals surface area contributed by atoms with Crippen molar-refractivity contribution in [3.63, 3.8) is 0 Å². The van der Waals surface area contributed by atoms with Gasteiger partial charge in [-0.1, -0.05) is 25.7 Å². The summed E-state index contributed by atoms with van der Waals surface area (Å²) in [5.74, 6) is 0.917. The Morgan fingerprint density at radius 3 is 2.71 bits per heavy atom. The molecule has 0 radical (unpaired) electrons. The van der Waals surface area contributed by atoms with E-state index in [9.17, 15) is 0 Å². The Morgan fingerprint density at radius 2 is 2.06 bits per heavy atom. The maximum Gasteiger partial charge on any atom is 0.00671 e. The zero-order valence-corrected chi connectivity index (χ0v) is 11.8. The highest BCUT2D eigenvalue weighted by molar-refractivity contribution is 7.07. The first-order valence-corrected chi connectivity index (χ1v) is 8.05. The van der Waals surface area contributed by atoms with Gasteiger partial charge < -0.3 is 5.32 Å². The first-order chi connectivity index (χ1) is 8.36. The average molecular weight is 251 g/mol. The Balaban J connectivity index is 1.67. The third-order valence-electron chi connectivity index (χ3n) is 4.07. The minimum absolute atomic E-state index is 0.701. The van der Waals surface area contributed by atoms with Gasteiger partial charge in [0.2, 0.25) is 0 Å². The van der Waals surface area contributed by atoms with Crippen LogP contribution in [0.25, 0.3) is 0 Å². The molecule has 2 rings (SSSR count). The number of rotatable bonds is 5. The molecule has 1 atom stereocenters. The molecule has 96 valence electrons. The van der Waals surface area contributed by atoms with Gasteiger partial charge in [0.05, 0.1) is 0 Å². The minimum atomic E-state index is 0.701. The van der Waals surface area contributed by atoms with Crippen molar-refractivity contribution < 1.29 is 0 Å². The van der Waals surface area contributed by atoms with Crippen LogP contribution in [0, 0.1) is 5.92 Å². The molecule has 1 heterocycles. The van der Waals surface area contributed by atoms with E-state index < -0.39 is 0 Å². The lowest BCUT2D eigenvalue weighted by Crippen LogP contribution is -2.34. The van der Waals surface area contributed by atoms with Crippen LogP contribution in [-0.2, 0) is 6.42 Å².